The minimum absolute atomic E-state index is 0.0297. The normalized spacial score (nSPS) is 13.8. The Morgan fingerprint density at radius 3 is 1.75 bits per heavy atom. The summed E-state index contributed by atoms with van der Waals surface area (Å²) in [5.74, 6) is 0.730. The molecule has 0 aromatic rings. The van der Waals surface area contributed by atoms with Crippen LogP contribution >= 0.6 is 31.9 Å². The van der Waals surface area contributed by atoms with Crippen LogP contribution in [0.4, 0.5) is 0 Å². The van der Waals surface area contributed by atoms with E-state index in [9.17, 15) is 8.42 Å². The molecule has 16 heavy (non-hydrogen) atoms. The van der Waals surface area contributed by atoms with Crippen LogP contribution in [-0.4, -0.2) is 30.1 Å². The molecule has 0 radical (unpaired) electrons. The highest BCUT2D eigenvalue weighted by Crippen LogP contribution is 2.36. The van der Waals surface area contributed by atoms with Gasteiger partial charge in [0.15, 0.2) is 9.84 Å². The van der Waals surface area contributed by atoms with Crippen LogP contribution in [0.2, 0.25) is 0 Å². The molecule has 0 saturated carbocycles. The third-order valence-corrected chi connectivity index (χ3v) is 7.80. The van der Waals surface area contributed by atoms with Gasteiger partial charge in [-0.05, 0) is 31.6 Å². The second-order valence-electron chi connectivity index (χ2n) is 4.95. The first-order valence-electron chi connectivity index (χ1n) is 5.55. The molecular weight excluding hydrogens is 356 g/mol. The molecule has 0 amide bonds. The Hall–Kier alpha value is 0.910. The van der Waals surface area contributed by atoms with Crippen LogP contribution in [0.5, 0.6) is 0 Å². The number of hydrogen-bond acceptors (Lipinski definition) is 2. The first-order chi connectivity index (χ1) is 7.22. The predicted octanol–water partition coefficient (Wildman–Crippen LogP) is 3.63. The largest absolute Gasteiger partial charge is 0.229 e. The molecule has 0 aromatic carbocycles. The van der Waals surface area contributed by atoms with E-state index >= 15 is 0 Å². The van der Waals surface area contributed by atoms with Crippen molar-refractivity contribution in [1.82, 2.24) is 0 Å². The van der Waals surface area contributed by atoms with Gasteiger partial charge in [0.1, 0.15) is 0 Å². The molecule has 0 saturated heterocycles. The van der Waals surface area contributed by atoms with E-state index < -0.39 is 9.84 Å². The third kappa shape index (κ3) is 4.30. The minimum atomic E-state index is -2.93. The first-order valence-corrected chi connectivity index (χ1v) is 9.51. The SMILES string of the molecule is CC(C)C(CBr)(CBr)CCS(=O)(=O)C(C)C. The van der Waals surface area contributed by atoms with Gasteiger partial charge in [-0.2, -0.15) is 0 Å². The van der Waals surface area contributed by atoms with E-state index in [1.807, 2.05) is 0 Å². The van der Waals surface area contributed by atoms with Crippen LogP contribution < -0.4 is 0 Å². The average molecular weight is 378 g/mol. The number of hydrogen-bond donors (Lipinski definition) is 0. The molecular formula is C11H22Br2O2S. The van der Waals surface area contributed by atoms with E-state index in [1.165, 1.54) is 0 Å². The summed E-state index contributed by atoms with van der Waals surface area (Å²) >= 11 is 7.03. The highest BCUT2D eigenvalue weighted by molar-refractivity contribution is 9.09. The molecule has 0 atom stereocenters. The maximum Gasteiger partial charge on any atom is 0.152 e. The quantitative estimate of drug-likeness (QED) is 0.634. The summed E-state index contributed by atoms with van der Waals surface area (Å²) in [5, 5.41) is 1.38. The molecule has 0 aliphatic rings. The Labute approximate surface area is 117 Å². The van der Waals surface area contributed by atoms with Crippen molar-refractivity contribution in [2.45, 2.75) is 39.4 Å². The molecule has 0 spiro atoms. The van der Waals surface area contributed by atoms with Crippen molar-refractivity contribution >= 4 is 41.7 Å². The predicted molar refractivity (Wildman–Crippen MR) is 78.4 cm³/mol. The monoisotopic (exact) mass is 376 g/mol. The fourth-order valence-electron chi connectivity index (χ4n) is 1.35. The molecule has 0 aliphatic carbocycles. The zero-order valence-electron chi connectivity index (χ0n) is 10.5. The van der Waals surface area contributed by atoms with Crippen molar-refractivity contribution < 1.29 is 8.42 Å². The topological polar surface area (TPSA) is 34.1 Å². The van der Waals surface area contributed by atoms with Crippen LogP contribution in [0.3, 0.4) is 0 Å². The summed E-state index contributed by atoms with van der Waals surface area (Å²) in [4.78, 5) is 0. The van der Waals surface area contributed by atoms with E-state index in [4.69, 9.17) is 0 Å². The van der Waals surface area contributed by atoms with E-state index in [0.717, 1.165) is 10.7 Å². The molecule has 0 N–H and O–H groups in total. The zero-order chi connectivity index (χ0) is 13.0. The lowest BCUT2D eigenvalue weighted by atomic mass is 9.79. The van der Waals surface area contributed by atoms with Crippen LogP contribution in [0.1, 0.15) is 34.1 Å². The second kappa shape index (κ2) is 6.74. The lowest BCUT2D eigenvalue weighted by Crippen LogP contribution is -2.34. The molecule has 0 aliphatic heterocycles. The van der Waals surface area contributed by atoms with E-state index in [-0.39, 0.29) is 16.4 Å². The summed E-state index contributed by atoms with van der Waals surface area (Å²) < 4.78 is 23.6. The van der Waals surface area contributed by atoms with Gasteiger partial charge in [0, 0.05) is 10.7 Å². The second-order valence-corrected chi connectivity index (χ2v) is 8.75. The Morgan fingerprint density at radius 2 is 1.50 bits per heavy atom. The third-order valence-electron chi connectivity index (χ3n) is 3.36. The van der Waals surface area contributed by atoms with E-state index in [0.29, 0.717) is 12.3 Å². The summed E-state index contributed by atoms with van der Waals surface area (Å²) in [5.41, 5.74) is 0.0297. The number of halogens is 2. The molecule has 0 aromatic heterocycles. The summed E-state index contributed by atoms with van der Waals surface area (Å²) in [6.07, 6.45) is 0.710. The van der Waals surface area contributed by atoms with Crippen LogP contribution in [-0.2, 0) is 9.84 Å². The Morgan fingerprint density at radius 1 is 1.06 bits per heavy atom. The highest BCUT2D eigenvalue weighted by atomic mass is 79.9. The maximum absolute atomic E-state index is 11.8. The molecule has 98 valence electrons. The van der Waals surface area contributed by atoms with E-state index in [1.54, 1.807) is 13.8 Å². The summed E-state index contributed by atoms with van der Waals surface area (Å²) in [7, 11) is -2.93. The first kappa shape index (κ1) is 16.9. The van der Waals surface area contributed by atoms with Crippen molar-refractivity contribution in [1.29, 1.82) is 0 Å². The van der Waals surface area contributed by atoms with Crippen molar-refractivity contribution in [2.24, 2.45) is 11.3 Å². The number of alkyl halides is 2. The molecule has 5 heteroatoms. The molecule has 0 fully saturated rings. The molecule has 2 nitrogen and oxygen atoms in total. The summed E-state index contributed by atoms with van der Waals surface area (Å²) in [6, 6.07) is 0. The van der Waals surface area contributed by atoms with Gasteiger partial charge in [0.2, 0.25) is 0 Å². The van der Waals surface area contributed by atoms with Gasteiger partial charge in [0.25, 0.3) is 0 Å². The van der Waals surface area contributed by atoms with Crippen LogP contribution in [0.15, 0.2) is 0 Å². The van der Waals surface area contributed by atoms with Gasteiger partial charge in [-0.3, -0.25) is 0 Å². The van der Waals surface area contributed by atoms with Gasteiger partial charge >= 0.3 is 0 Å². The van der Waals surface area contributed by atoms with Gasteiger partial charge in [-0.15, -0.1) is 0 Å². The van der Waals surface area contributed by atoms with Crippen LogP contribution in [0.25, 0.3) is 0 Å². The molecule has 0 heterocycles. The van der Waals surface area contributed by atoms with Gasteiger partial charge in [0.05, 0.1) is 11.0 Å². The van der Waals surface area contributed by atoms with Gasteiger partial charge in [-0.1, -0.05) is 45.7 Å². The maximum atomic E-state index is 11.8. The fraction of sp³-hybridized carbons (Fsp3) is 1.00. The van der Waals surface area contributed by atoms with Crippen molar-refractivity contribution in [3.05, 3.63) is 0 Å². The Kier molecular flexibility index (Phi) is 7.12. The molecule has 0 bridgehead atoms. The van der Waals surface area contributed by atoms with E-state index in [2.05, 4.69) is 45.7 Å². The van der Waals surface area contributed by atoms with Crippen molar-refractivity contribution in [3.8, 4) is 0 Å². The van der Waals surface area contributed by atoms with Gasteiger partial charge in [-0.25, -0.2) is 8.42 Å². The standard InChI is InChI=1S/C11H22Br2O2S/c1-9(2)11(7-12,8-13)5-6-16(14,15)10(3)4/h9-10H,5-8H2,1-4H3. The van der Waals surface area contributed by atoms with Crippen molar-refractivity contribution in [3.63, 3.8) is 0 Å². The van der Waals surface area contributed by atoms with Gasteiger partial charge < -0.3 is 0 Å². The fourth-order valence-corrected chi connectivity index (χ4v) is 5.29. The lowest BCUT2D eigenvalue weighted by molar-refractivity contribution is 0.260. The lowest BCUT2D eigenvalue weighted by Gasteiger charge is -2.34. The summed E-state index contributed by atoms with van der Waals surface area (Å²) in [6.45, 7) is 7.78. The van der Waals surface area contributed by atoms with Crippen molar-refractivity contribution in [2.75, 3.05) is 16.4 Å². The zero-order valence-corrected chi connectivity index (χ0v) is 14.5. The number of rotatable bonds is 7. The average Bonchev–Trinajstić information content (AvgIpc) is 2.19. The molecule has 0 rings (SSSR count). The highest BCUT2D eigenvalue weighted by Gasteiger charge is 2.33. The number of sulfone groups is 1. The Balaban J connectivity index is 4.69. The molecule has 0 unspecified atom stereocenters. The smallest absolute Gasteiger partial charge is 0.152 e. The minimum Gasteiger partial charge on any atom is -0.229 e. The van der Waals surface area contributed by atoms with Crippen LogP contribution in [0, 0.1) is 11.3 Å². The Bertz CT molecular complexity index is 293.